The van der Waals surface area contributed by atoms with Gasteiger partial charge in [-0.2, -0.15) is 0 Å². The molecular weight excluding hydrogens is 222 g/mol. The normalized spacial score (nSPS) is 11.1. The lowest BCUT2D eigenvalue weighted by molar-refractivity contribution is 1.29. The zero-order valence-electron chi connectivity index (χ0n) is 9.69. The molecule has 0 saturated carbocycles. The number of hydrogen-bond donors (Lipinski definition) is 0. The molecule has 3 rings (SSSR count). The van der Waals surface area contributed by atoms with Crippen LogP contribution in [0.15, 0.2) is 65.8 Å². The van der Waals surface area contributed by atoms with E-state index in [9.17, 15) is 0 Å². The first-order chi connectivity index (χ1) is 8.92. The van der Waals surface area contributed by atoms with Gasteiger partial charge in [0.1, 0.15) is 0 Å². The Labute approximate surface area is 105 Å². The van der Waals surface area contributed by atoms with E-state index < -0.39 is 0 Å². The minimum atomic E-state index is 0.694. The van der Waals surface area contributed by atoms with Crippen molar-refractivity contribution >= 4 is 22.9 Å². The highest BCUT2D eigenvalue weighted by molar-refractivity contribution is 5.82. The van der Waals surface area contributed by atoms with Gasteiger partial charge >= 0.3 is 0 Å². The van der Waals surface area contributed by atoms with Gasteiger partial charge in [-0.25, -0.2) is 9.98 Å². The molecule has 3 nitrogen and oxygen atoms in total. The Bertz CT molecular complexity index is 690. The molecule has 0 spiro atoms. The minimum absolute atomic E-state index is 0.694. The molecule has 3 heteroatoms. The van der Waals surface area contributed by atoms with Gasteiger partial charge in [0.25, 0.3) is 0 Å². The molecule has 18 heavy (non-hydrogen) atoms. The maximum Gasteiger partial charge on any atom is 0.152 e. The fourth-order valence-corrected chi connectivity index (χ4v) is 1.71. The van der Waals surface area contributed by atoms with E-state index in [-0.39, 0.29) is 0 Å². The lowest BCUT2D eigenvalue weighted by atomic mass is 10.2. The summed E-state index contributed by atoms with van der Waals surface area (Å²) in [5.74, 6) is 0.694. The van der Waals surface area contributed by atoms with Crippen LogP contribution < -0.4 is 0 Å². The van der Waals surface area contributed by atoms with E-state index in [1.54, 1.807) is 12.4 Å². The van der Waals surface area contributed by atoms with Crippen molar-refractivity contribution in [2.75, 3.05) is 0 Å². The molecule has 0 atom stereocenters. The van der Waals surface area contributed by atoms with E-state index in [4.69, 9.17) is 0 Å². The smallest absolute Gasteiger partial charge is 0.152 e. The van der Waals surface area contributed by atoms with Crippen LogP contribution in [0.1, 0.15) is 5.69 Å². The molecule has 2 heterocycles. The molecule has 0 unspecified atom stereocenters. The zero-order chi connectivity index (χ0) is 12.2. The molecule has 1 aromatic carbocycles. The fraction of sp³-hybridized carbons (Fsp3) is 0. The number of pyridine rings is 2. The van der Waals surface area contributed by atoms with Crippen molar-refractivity contribution in [1.82, 2.24) is 9.97 Å². The van der Waals surface area contributed by atoms with Crippen LogP contribution in [0.4, 0.5) is 5.82 Å². The lowest BCUT2D eigenvalue weighted by Crippen LogP contribution is -1.85. The van der Waals surface area contributed by atoms with Crippen LogP contribution in [0.25, 0.3) is 10.9 Å². The maximum absolute atomic E-state index is 4.46. The first-order valence-corrected chi connectivity index (χ1v) is 5.73. The third-order valence-corrected chi connectivity index (χ3v) is 2.60. The predicted octanol–water partition coefficient (Wildman–Crippen LogP) is 3.38. The summed E-state index contributed by atoms with van der Waals surface area (Å²) in [4.78, 5) is 13.0. The van der Waals surface area contributed by atoms with Crippen molar-refractivity contribution in [1.29, 1.82) is 0 Å². The van der Waals surface area contributed by atoms with Crippen molar-refractivity contribution in [3.63, 3.8) is 0 Å². The number of rotatable bonds is 2. The van der Waals surface area contributed by atoms with Gasteiger partial charge in [0, 0.05) is 11.6 Å². The summed E-state index contributed by atoms with van der Waals surface area (Å²) in [5.41, 5.74) is 1.78. The summed E-state index contributed by atoms with van der Waals surface area (Å²) in [6.45, 7) is 0. The highest BCUT2D eigenvalue weighted by Gasteiger charge is 1.95. The Morgan fingerprint density at radius 3 is 2.67 bits per heavy atom. The summed E-state index contributed by atoms with van der Waals surface area (Å²) in [7, 11) is 0. The highest BCUT2D eigenvalue weighted by Crippen LogP contribution is 2.16. The second-order valence-corrected chi connectivity index (χ2v) is 3.87. The molecule has 0 bridgehead atoms. The SMILES string of the molecule is C(=Nc1ccc2ccccc2n1)c1ccccn1. The van der Waals surface area contributed by atoms with E-state index in [1.165, 1.54) is 0 Å². The van der Waals surface area contributed by atoms with Crippen LogP contribution in [0.3, 0.4) is 0 Å². The second-order valence-electron chi connectivity index (χ2n) is 3.87. The van der Waals surface area contributed by atoms with Crippen LogP contribution in [0, 0.1) is 0 Å². The molecule has 0 fully saturated rings. The standard InChI is InChI=1S/C15H11N3/c1-2-7-14-12(5-1)8-9-15(18-14)17-11-13-6-3-4-10-16-13/h1-11H. The van der Waals surface area contributed by atoms with Crippen molar-refractivity contribution in [3.8, 4) is 0 Å². The quantitative estimate of drug-likeness (QED) is 0.636. The molecule has 86 valence electrons. The number of hydrogen-bond acceptors (Lipinski definition) is 3. The second kappa shape index (κ2) is 4.75. The van der Waals surface area contributed by atoms with Crippen molar-refractivity contribution in [2.45, 2.75) is 0 Å². The van der Waals surface area contributed by atoms with E-state index >= 15 is 0 Å². The fourth-order valence-electron chi connectivity index (χ4n) is 1.71. The van der Waals surface area contributed by atoms with E-state index in [0.29, 0.717) is 5.82 Å². The predicted molar refractivity (Wildman–Crippen MR) is 73.2 cm³/mol. The first-order valence-electron chi connectivity index (χ1n) is 5.73. The largest absolute Gasteiger partial charge is 0.255 e. The molecule has 0 amide bonds. The summed E-state index contributed by atoms with van der Waals surface area (Å²) in [6.07, 6.45) is 3.46. The molecule has 0 N–H and O–H groups in total. The van der Waals surface area contributed by atoms with Gasteiger partial charge in [0.05, 0.1) is 17.4 Å². The Morgan fingerprint density at radius 1 is 0.889 bits per heavy atom. The minimum Gasteiger partial charge on any atom is -0.255 e. The Balaban J connectivity index is 1.93. The summed E-state index contributed by atoms with van der Waals surface area (Å²) >= 11 is 0. The first kappa shape index (κ1) is 10.6. The molecular formula is C15H11N3. The number of benzene rings is 1. The Morgan fingerprint density at radius 2 is 1.78 bits per heavy atom. The van der Waals surface area contributed by atoms with E-state index in [1.807, 2.05) is 54.6 Å². The number of nitrogens with zero attached hydrogens (tertiary/aromatic N) is 3. The number of fused-ring (bicyclic) bond motifs is 1. The van der Waals surface area contributed by atoms with Crippen LogP contribution >= 0.6 is 0 Å². The third-order valence-electron chi connectivity index (χ3n) is 2.60. The van der Waals surface area contributed by atoms with E-state index in [0.717, 1.165) is 16.6 Å². The summed E-state index contributed by atoms with van der Waals surface area (Å²) in [6, 6.07) is 17.6. The van der Waals surface area contributed by atoms with Crippen molar-refractivity contribution in [3.05, 3.63) is 66.5 Å². The van der Waals surface area contributed by atoms with Crippen LogP contribution in [-0.4, -0.2) is 16.2 Å². The molecule has 3 aromatic rings. The van der Waals surface area contributed by atoms with Gasteiger partial charge in [-0.3, -0.25) is 4.98 Å². The van der Waals surface area contributed by atoms with Crippen LogP contribution in [0.5, 0.6) is 0 Å². The van der Waals surface area contributed by atoms with Crippen molar-refractivity contribution in [2.24, 2.45) is 4.99 Å². The third kappa shape index (κ3) is 2.25. The lowest BCUT2D eigenvalue weighted by Gasteiger charge is -1.97. The van der Waals surface area contributed by atoms with Gasteiger partial charge in [-0.15, -0.1) is 0 Å². The van der Waals surface area contributed by atoms with Crippen molar-refractivity contribution < 1.29 is 0 Å². The topological polar surface area (TPSA) is 38.1 Å². The Hall–Kier alpha value is -2.55. The van der Waals surface area contributed by atoms with Crippen LogP contribution in [0.2, 0.25) is 0 Å². The van der Waals surface area contributed by atoms with Gasteiger partial charge < -0.3 is 0 Å². The molecule has 0 radical (unpaired) electrons. The molecule has 0 aliphatic heterocycles. The van der Waals surface area contributed by atoms with E-state index in [2.05, 4.69) is 15.0 Å². The molecule has 0 aliphatic rings. The number of aromatic nitrogens is 2. The van der Waals surface area contributed by atoms with Gasteiger partial charge in [-0.05, 0) is 30.3 Å². The summed E-state index contributed by atoms with van der Waals surface area (Å²) in [5, 5.41) is 1.12. The van der Waals surface area contributed by atoms with Crippen LogP contribution in [-0.2, 0) is 0 Å². The average molecular weight is 233 g/mol. The van der Waals surface area contributed by atoms with Gasteiger partial charge in [0.15, 0.2) is 5.82 Å². The number of aliphatic imine (C=N–C) groups is 1. The highest BCUT2D eigenvalue weighted by atomic mass is 14.9. The maximum atomic E-state index is 4.46. The molecule has 0 aliphatic carbocycles. The monoisotopic (exact) mass is 233 g/mol. The van der Waals surface area contributed by atoms with Gasteiger partial charge in [-0.1, -0.05) is 24.3 Å². The van der Waals surface area contributed by atoms with Gasteiger partial charge in [0.2, 0.25) is 0 Å². The zero-order valence-corrected chi connectivity index (χ0v) is 9.69. The molecule has 0 saturated heterocycles. The number of para-hydroxylation sites is 1. The molecule has 2 aromatic heterocycles. The Kier molecular flexibility index (Phi) is 2.80. The summed E-state index contributed by atoms with van der Waals surface area (Å²) < 4.78 is 0. The average Bonchev–Trinajstić information content (AvgIpc) is 2.46.